The molecule has 4 rings (SSSR count). The van der Waals surface area contributed by atoms with Gasteiger partial charge in [0.2, 0.25) is 17.8 Å². The molecule has 30 heavy (non-hydrogen) atoms. The zero-order valence-corrected chi connectivity index (χ0v) is 18.2. The standard InChI is InChI=1S/C21H28N6O2S/c1-14-9-11-26(12-10-14)20-24-25-21(27(20)18-7-8-18)30-13-19(29)23-17-5-3-16(4-6-17)22-15(2)28/h3-6,14,18H,7-13H2,1-2H3,(H,22,28)(H,23,29). The minimum Gasteiger partial charge on any atom is -0.341 e. The van der Waals surface area contributed by atoms with E-state index in [0.717, 1.165) is 43.0 Å². The number of piperidine rings is 1. The number of thioether (sulfide) groups is 1. The van der Waals surface area contributed by atoms with E-state index in [1.165, 1.54) is 31.5 Å². The number of amides is 2. The lowest BCUT2D eigenvalue weighted by molar-refractivity contribution is -0.114. The SMILES string of the molecule is CC(=O)Nc1ccc(NC(=O)CSc2nnc(N3CCC(C)CC3)n2C2CC2)cc1. The van der Waals surface area contributed by atoms with Crippen LogP contribution in [0.3, 0.4) is 0 Å². The Bertz CT molecular complexity index is 901. The quantitative estimate of drug-likeness (QED) is 0.656. The van der Waals surface area contributed by atoms with Gasteiger partial charge < -0.3 is 15.5 Å². The van der Waals surface area contributed by atoms with E-state index in [2.05, 4.69) is 37.2 Å². The molecule has 9 heteroatoms. The summed E-state index contributed by atoms with van der Waals surface area (Å²) in [7, 11) is 0. The topological polar surface area (TPSA) is 92.2 Å². The average Bonchev–Trinajstić information content (AvgIpc) is 3.47. The van der Waals surface area contributed by atoms with Gasteiger partial charge in [-0.05, 0) is 55.9 Å². The molecule has 2 amide bonds. The van der Waals surface area contributed by atoms with Crippen LogP contribution < -0.4 is 15.5 Å². The summed E-state index contributed by atoms with van der Waals surface area (Å²) in [4.78, 5) is 25.9. The van der Waals surface area contributed by atoms with E-state index in [9.17, 15) is 9.59 Å². The van der Waals surface area contributed by atoms with Crippen LogP contribution in [-0.4, -0.2) is 45.4 Å². The largest absolute Gasteiger partial charge is 0.341 e. The predicted molar refractivity (Wildman–Crippen MR) is 119 cm³/mol. The van der Waals surface area contributed by atoms with Crippen LogP contribution in [0.2, 0.25) is 0 Å². The first-order valence-corrected chi connectivity index (χ1v) is 11.5. The second kappa shape index (κ2) is 9.07. The van der Waals surface area contributed by atoms with E-state index >= 15 is 0 Å². The molecule has 1 aromatic carbocycles. The van der Waals surface area contributed by atoms with Crippen LogP contribution in [0, 0.1) is 5.92 Å². The van der Waals surface area contributed by atoms with Crippen LogP contribution in [0.4, 0.5) is 17.3 Å². The number of carbonyl (C=O) groups is 2. The Morgan fingerprint density at radius 2 is 1.67 bits per heavy atom. The molecule has 2 heterocycles. The van der Waals surface area contributed by atoms with Gasteiger partial charge in [0.25, 0.3) is 0 Å². The van der Waals surface area contributed by atoms with Crippen LogP contribution in [0.5, 0.6) is 0 Å². The Labute approximate surface area is 180 Å². The van der Waals surface area contributed by atoms with Crippen molar-refractivity contribution in [1.29, 1.82) is 0 Å². The highest BCUT2D eigenvalue weighted by Gasteiger charge is 2.32. The minimum atomic E-state index is -0.124. The van der Waals surface area contributed by atoms with E-state index < -0.39 is 0 Å². The summed E-state index contributed by atoms with van der Waals surface area (Å²) in [5.41, 5.74) is 1.40. The van der Waals surface area contributed by atoms with Crippen molar-refractivity contribution in [3.63, 3.8) is 0 Å². The van der Waals surface area contributed by atoms with Crippen molar-refractivity contribution in [3.05, 3.63) is 24.3 Å². The van der Waals surface area contributed by atoms with E-state index in [-0.39, 0.29) is 17.6 Å². The third-order valence-corrected chi connectivity index (χ3v) is 6.39. The number of hydrogen-bond donors (Lipinski definition) is 2. The molecule has 0 unspecified atom stereocenters. The molecule has 2 aromatic rings. The van der Waals surface area contributed by atoms with Gasteiger partial charge in [-0.1, -0.05) is 18.7 Å². The summed E-state index contributed by atoms with van der Waals surface area (Å²) in [5, 5.41) is 15.3. The van der Waals surface area contributed by atoms with Crippen molar-refractivity contribution in [2.45, 2.75) is 50.7 Å². The second-order valence-corrected chi connectivity index (χ2v) is 9.09. The van der Waals surface area contributed by atoms with Crippen LogP contribution in [-0.2, 0) is 9.59 Å². The fraction of sp³-hybridized carbons (Fsp3) is 0.524. The maximum atomic E-state index is 12.4. The van der Waals surface area contributed by atoms with Gasteiger partial charge in [0.15, 0.2) is 5.16 Å². The second-order valence-electron chi connectivity index (χ2n) is 8.15. The summed E-state index contributed by atoms with van der Waals surface area (Å²) in [6.45, 7) is 5.80. The lowest BCUT2D eigenvalue weighted by atomic mass is 10.00. The normalized spacial score (nSPS) is 17.1. The number of nitrogens with one attached hydrogen (secondary N) is 2. The molecule has 2 aliphatic rings. The zero-order chi connectivity index (χ0) is 21.1. The van der Waals surface area contributed by atoms with Crippen LogP contribution >= 0.6 is 11.8 Å². The molecule has 1 saturated carbocycles. The third-order valence-electron chi connectivity index (χ3n) is 5.45. The van der Waals surface area contributed by atoms with Crippen molar-refractivity contribution < 1.29 is 9.59 Å². The fourth-order valence-electron chi connectivity index (χ4n) is 3.61. The first-order valence-electron chi connectivity index (χ1n) is 10.5. The van der Waals surface area contributed by atoms with Gasteiger partial charge >= 0.3 is 0 Å². The van der Waals surface area contributed by atoms with Gasteiger partial charge in [-0.25, -0.2) is 0 Å². The highest BCUT2D eigenvalue weighted by molar-refractivity contribution is 7.99. The van der Waals surface area contributed by atoms with E-state index in [1.54, 1.807) is 24.3 Å². The molecule has 1 aliphatic heterocycles. The molecule has 1 aliphatic carbocycles. The molecular weight excluding hydrogens is 400 g/mol. The van der Waals surface area contributed by atoms with Crippen molar-refractivity contribution in [3.8, 4) is 0 Å². The molecule has 2 fully saturated rings. The Morgan fingerprint density at radius 3 is 2.27 bits per heavy atom. The number of carbonyl (C=O) groups excluding carboxylic acids is 2. The van der Waals surface area contributed by atoms with Crippen LogP contribution in [0.25, 0.3) is 0 Å². The van der Waals surface area contributed by atoms with E-state index in [1.807, 2.05) is 0 Å². The highest BCUT2D eigenvalue weighted by atomic mass is 32.2. The fourth-order valence-corrected chi connectivity index (χ4v) is 4.41. The molecule has 0 bridgehead atoms. The molecule has 1 saturated heterocycles. The zero-order valence-electron chi connectivity index (χ0n) is 17.4. The summed E-state index contributed by atoms with van der Waals surface area (Å²) >= 11 is 1.43. The van der Waals surface area contributed by atoms with E-state index in [0.29, 0.717) is 17.4 Å². The van der Waals surface area contributed by atoms with Crippen molar-refractivity contribution >= 4 is 40.9 Å². The average molecular weight is 429 g/mol. The molecule has 0 atom stereocenters. The Balaban J connectivity index is 1.35. The minimum absolute atomic E-state index is 0.0917. The summed E-state index contributed by atoms with van der Waals surface area (Å²) in [6.07, 6.45) is 4.66. The monoisotopic (exact) mass is 428 g/mol. The van der Waals surface area contributed by atoms with Crippen molar-refractivity contribution in [2.75, 3.05) is 34.4 Å². The highest BCUT2D eigenvalue weighted by Crippen LogP contribution is 2.41. The number of aromatic nitrogens is 3. The Morgan fingerprint density at radius 1 is 1.03 bits per heavy atom. The van der Waals surface area contributed by atoms with Gasteiger partial charge in [0.1, 0.15) is 0 Å². The molecular formula is C21H28N6O2S. The molecule has 2 N–H and O–H groups in total. The summed E-state index contributed by atoms with van der Waals surface area (Å²) in [6, 6.07) is 7.53. The lowest BCUT2D eigenvalue weighted by Crippen LogP contribution is -2.34. The van der Waals surface area contributed by atoms with Crippen molar-refractivity contribution in [1.82, 2.24) is 14.8 Å². The van der Waals surface area contributed by atoms with Gasteiger partial charge in [-0.15, -0.1) is 10.2 Å². The van der Waals surface area contributed by atoms with Gasteiger partial charge in [0, 0.05) is 37.4 Å². The number of nitrogens with zero attached hydrogens (tertiary/aromatic N) is 4. The number of benzene rings is 1. The van der Waals surface area contributed by atoms with Crippen molar-refractivity contribution in [2.24, 2.45) is 5.92 Å². The first kappa shape index (κ1) is 20.7. The lowest BCUT2D eigenvalue weighted by Gasteiger charge is -2.31. The smallest absolute Gasteiger partial charge is 0.234 e. The van der Waals surface area contributed by atoms with Gasteiger partial charge in [-0.2, -0.15) is 0 Å². The Kier molecular flexibility index (Phi) is 6.26. The number of anilines is 3. The van der Waals surface area contributed by atoms with Gasteiger partial charge in [0.05, 0.1) is 5.75 Å². The molecule has 1 aromatic heterocycles. The molecule has 8 nitrogen and oxygen atoms in total. The third kappa shape index (κ3) is 5.13. The first-order chi connectivity index (χ1) is 14.5. The number of rotatable bonds is 7. The molecule has 160 valence electrons. The summed E-state index contributed by atoms with van der Waals surface area (Å²) < 4.78 is 2.23. The molecule has 0 radical (unpaired) electrons. The maximum Gasteiger partial charge on any atom is 0.234 e. The predicted octanol–water partition coefficient (Wildman–Crippen LogP) is 3.54. The molecule has 0 spiro atoms. The van der Waals surface area contributed by atoms with Crippen LogP contribution in [0.1, 0.15) is 45.6 Å². The van der Waals surface area contributed by atoms with E-state index in [4.69, 9.17) is 0 Å². The van der Waals surface area contributed by atoms with Gasteiger partial charge in [-0.3, -0.25) is 14.2 Å². The maximum absolute atomic E-state index is 12.4. The van der Waals surface area contributed by atoms with Crippen LogP contribution in [0.15, 0.2) is 29.4 Å². The summed E-state index contributed by atoms with van der Waals surface area (Å²) in [5.74, 6) is 1.78. The Hall–Kier alpha value is -2.55. The number of hydrogen-bond acceptors (Lipinski definition) is 6.